The molecule has 0 saturated carbocycles. The highest BCUT2D eigenvalue weighted by atomic mass is 32.1. The number of rotatable bonds is 3. The number of nitrogens with zero attached hydrogens (tertiary/aromatic N) is 3. The number of benzene rings is 2. The molecular formula is C23H21N3O3S. The summed E-state index contributed by atoms with van der Waals surface area (Å²) < 4.78 is 5.90. The van der Waals surface area contributed by atoms with Gasteiger partial charge in [-0.05, 0) is 17.7 Å². The fraction of sp³-hybridized carbons (Fsp3) is 0.261. The number of fused-ring (bicyclic) bond motifs is 2. The molecule has 0 unspecified atom stereocenters. The predicted molar refractivity (Wildman–Crippen MR) is 115 cm³/mol. The van der Waals surface area contributed by atoms with Gasteiger partial charge in [-0.2, -0.15) is 0 Å². The molecule has 1 atom stereocenters. The lowest BCUT2D eigenvalue weighted by Gasteiger charge is -2.33. The maximum Gasteiger partial charge on any atom is 0.274 e. The van der Waals surface area contributed by atoms with Crippen LogP contribution in [0.3, 0.4) is 0 Å². The molecule has 2 aromatic carbocycles. The molecule has 6 nitrogen and oxygen atoms in total. The molecule has 0 N–H and O–H groups in total. The first-order chi connectivity index (χ1) is 14.6. The predicted octanol–water partition coefficient (Wildman–Crippen LogP) is 3.16. The minimum absolute atomic E-state index is 0.141. The molecule has 5 rings (SSSR count). The second-order valence-electron chi connectivity index (χ2n) is 7.48. The topological polar surface area (TPSA) is 62.7 Å². The van der Waals surface area contributed by atoms with Gasteiger partial charge in [0.15, 0.2) is 0 Å². The van der Waals surface area contributed by atoms with E-state index in [0.717, 1.165) is 9.88 Å². The number of hydrogen-bond donors (Lipinski definition) is 0. The van der Waals surface area contributed by atoms with Gasteiger partial charge in [-0.1, -0.05) is 42.5 Å². The van der Waals surface area contributed by atoms with E-state index in [1.807, 2.05) is 42.5 Å². The van der Waals surface area contributed by atoms with Gasteiger partial charge >= 0.3 is 0 Å². The molecule has 0 spiro atoms. The van der Waals surface area contributed by atoms with Crippen LogP contribution in [0.1, 0.15) is 25.9 Å². The first-order valence-electron chi connectivity index (χ1n) is 9.94. The van der Waals surface area contributed by atoms with Crippen LogP contribution in [0.2, 0.25) is 0 Å². The minimum atomic E-state index is -0.665. The van der Waals surface area contributed by atoms with Crippen molar-refractivity contribution in [1.82, 2.24) is 9.88 Å². The van der Waals surface area contributed by atoms with E-state index in [9.17, 15) is 9.59 Å². The maximum atomic E-state index is 13.3. The van der Waals surface area contributed by atoms with E-state index >= 15 is 0 Å². The van der Waals surface area contributed by atoms with Gasteiger partial charge in [0.25, 0.3) is 11.8 Å². The number of carbonyl (C=O) groups is 2. The van der Waals surface area contributed by atoms with Crippen molar-refractivity contribution in [3.63, 3.8) is 0 Å². The average Bonchev–Trinajstić information content (AvgIpc) is 3.13. The lowest BCUT2D eigenvalue weighted by atomic mass is 10.1. The molecule has 2 amide bonds. The van der Waals surface area contributed by atoms with Crippen LogP contribution >= 0.6 is 11.3 Å². The van der Waals surface area contributed by atoms with Crippen molar-refractivity contribution in [2.24, 2.45) is 0 Å². The van der Waals surface area contributed by atoms with E-state index in [4.69, 9.17) is 4.74 Å². The van der Waals surface area contributed by atoms with Gasteiger partial charge in [-0.3, -0.25) is 9.59 Å². The van der Waals surface area contributed by atoms with Crippen molar-refractivity contribution in [3.8, 4) is 5.75 Å². The number of carbonyl (C=O) groups excluding carboxylic acids is 2. The van der Waals surface area contributed by atoms with Crippen LogP contribution in [0.25, 0.3) is 0 Å². The van der Waals surface area contributed by atoms with Gasteiger partial charge in [-0.25, -0.2) is 4.98 Å². The molecule has 3 heterocycles. The van der Waals surface area contributed by atoms with E-state index in [1.165, 1.54) is 5.56 Å². The van der Waals surface area contributed by atoms with Gasteiger partial charge in [0.1, 0.15) is 24.1 Å². The molecule has 0 radical (unpaired) electrons. The summed E-state index contributed by atoms with van der Waals surface area (Å²) in [5, 5.41) is 0.925. The van der Waals surface area contributed by atoms with Crippen molar-refractivity contribution in [3.05, 3.63) is 75.7 Å². The first-order valence-corrected chi connectivity index (χ1v) is 10.8. The Kier molecular flexibility index (Phi) is 4.75. The maximum absolute atomic E-state index is 13.3. The summed E-state index contributed by atoms with van der Waals surface area (Å²) in [5.74, 6) is 0.324. The molecule has 152 valence electrons. The Morgan fingerprint density at radius 3 is 2.70 bits per heavy atom. The van der Waals surface area contributed by atoms with Crippen molar-refractivity contribution in [2.45, 2.75) is 18.9 Å². The second kappa shape index (κ2) is 7.57. The smallest absolute Gasteiger partial charge is 0.274 e. The van der Waals surface area contributed by atoms with E-state index < -0.39 is 6.04 Å². The zero-order valence-electron chi connectivity index (χ0n) is 16.6. The highest BCUT2D eigenvalue weighted by molar-refractivity contribution is 7.12. The number of aromatic nitrogens is 1. The quantitative estimate of drug-likeness (QED) is 0.654. The Bertz CT molecular complexity index is 1110. The fourth-order valence-corrected chi connectivity index (χ4v) is 5.09. The summed E-state index contributed by atoms with van der Waals surface area (Å²) in [6, 6.07) is 16.9. The number of anilines is 1. The van der Waals surface area contributed by atoms with E-state index in [0.29, 0.717) is 36.5 Å². The highest BCUT2D eigenvalue weighted by Crippen LogP contribution is 2.33. The Morgan fingerprint density at radius 1 is 1.10 bits per heavy atom. The van der Waals surface area contributed by atoms with Crippen LogP contribution in [0.4, 0.5) is 5.69 Å². The molecular weight excluding hydrogens is 398 g/mol. The Morgan fingerprint density at radius 2 is 1.87 bits per heavy atom. The summed E-state index contributed by atoms with van der Waals surface area (Å²) in [5.41, 5.74) is 2.36. The number of amides is 2. The summed E-state index contributed by atoms with van der Waals surface area (Å²) >= 11 is 1.59. The average molecular weight is 420 g/mol. The molecule has 2 aliphatic heterocycles. The third-order valence-electron chi connectivity index (χ3n) is 5.60. The van der Waals surface area contributed by atoms with Gasteiger partial charge in [0, 0.05) is 31.3 Å². The van der Waals surface area contributed by atoms with Crippen molar-refractivity contribution in [1.29, 1.82) is 0 Å². The minimum Gasteiger partial charge on any atom is -0.489 e. The SMILES string of the molecule is CN1C(=O)[C@@H](N2CCc3sc(Cc4ccccc4)nc3C2=O)COc2ccccc21. The number of thiazole rings is 1. The lowest BCUT2D eigenvalue weighted by molar-refractivity contribution is -0.123. The van der Waals surface area contributed by atoms with Gasteiger partial charge < -0.3 is 14.5 Å². The summed E-state index contributed by atoms with van der Waals surface area (Å²) in [6.07, 6.45) is 1.41. The first kappa shape index (κ1) is 18.8. The standard InChI is InChI=1S/C23H21N3O3S/c1-25-16-9-5-6-10-18(16)29-14-17(22(25)27)26-12-11-19-21(23(26)28)24-20(30-19)13-15-7-3-2-4-8-15/h2-10,17H,11-14H2,1H3/t17-/m0/s1. The third kappa shape index (κ3) is 3.25. The monoisotopic (exact) mass is 419 g/mol. The summed E-state index contributed by atoms with van der Waals surface area (Å²) in [4.78, 5) is 35.3. The van der Waals surface area contributed by atoms with Crippen molar-refractivity contribution >= 4 is 28.8 Å². The van der Waals surface area contributed by atoms with Crippen LogP contribution in [0.15, 0.2) is 54.6 Å². The highest BCUT2D eigenvalue weighted by Gasteiger charge is 2.39. The lowest BCUT2D eigenvalue weighted by Crippen LogP contribution is -2.54. The molecule has 7 heteroatoms. The number of likely N-dealkylation sites (N-methyl/N-ethyl adjacent to an activating group) is 1. The van der Waals surface area contributed by atoms with E-state index in [2.05, 4.69) is 17.1 Å². The van der Waals surface area contributed by atoms with Crippen LogP contribution in [0, 0.1) is 0 Å². The zero-order valence-corrected chi connectivity index (χ0v) is 17.4. The molecule has 2 aliphatic rings. The van der Waals surface area contributed by atoms with Gasteiger partial charge in [0.2, 0.25) is 0 Å². The van der Waals surface area contributed by atoms with Gasteiger partial charge in [0.05, 0.1) is 10.7 Å². The van der Waals surface area contributed by atoms with Crippen molar-refractivity contribution in [2.75, 3.05) is 25.1 Å². The number of ether oxygens (including phenoxy) is 1. The molecule has 0 fully saturated rings. The fourth-order valence-electron chi connectivity index (χ4n) is 4.00. The van der Waals surface area contributed by atoms with Crippen molar-refractivity contribution < 1.29 is 14.3 Å². The third-order valence-corrected chi connectivity index (χ3v) is 6.71. The second-order valence-corrected chi connectivity index (χ2v) is 8.65. The molecule has 1 aromatic heterocycles. The number of para-hydroxylation sites is 2. The number of hydrogen-bond acceptors (Lipinski definition) is 5. The van der Waals surface area contributed by atoms with Crippen LogP contribution in [-0.4, -0.2) is 47.9 Å². The Hall–Kier alpha value is -3.19. The Balaban J connectivity index is 1.39. The normalized spacial score (nSPS) is 18.5. The van der Waals surface area contributed by atoms with Crippen LogP contribution in [0.5, 0.6) is 5.75 Å². The molecule has 3 aromatic rings. The largest absolute Gasteiger partial charge is 0.489 e. The van der Waals surface area contributed by atoms with E-state index in [-0.39, 0.29) is 18.4 Å². The summed E-state index contributed by atoms with van der Waals surface area (Å²) in [6.45, 7) is 0.630. The van der Waals surface area contributed by atoms with Gasteiger partial charge in [-0.15, -0.1) is 11.3 Å². The van der Waals surface area contributed by atoms with Crippen LogP contribution in [-0.2, 0) is 17.6 Å². The molecule has 0 bridgehead atoms. The summed E-state index contributed by atoms with van der Waals surface area (Å²) in [7, 11) is 1.73. The molecule has 0 saturated heterocycles. The van der Waals surface area contributed by atoms with E-state index in [1.54, 1.807) is 28.2 Å². The molecule has 30 heavy (non-hydrogen) atoms. The Labute approximate surface area is 178 Å². The van der Waals surface area contributed by atoms with Crippen LogP contribution < -0.4 is 9.64 Å². The molecule has 0 aliphatic carbocycles. The zero-order chi connectivity index (χ0) is 20.7.